The smallest absolute Gasteiger partial charge is 0.244 e. The molecule has 2 atom stereocenters. The Morgan fingerprint density at radius 3 is 2.73 bits per heavy atom. The molecule has 0 aromatic rings. The molecule has 0 aromatic carbocycles. The fourth-order valence-corrected chi connectivity index (χ4v) is 1.77. The maximum atomic E-state index is 11.9. The van der Waals surface area contributed by atoms with Crippen LogP contribution in [0.25, 0.3) is 0 Å². The minimum atomic E-state index is -0.423. The number of nitrogens with one attached hydrogen (secondary N) is 2. The molecule has 2 N–H and O–H groups in total. The van der Waals surface area contributed by atoms with Gasteiger partial charge in [-0.25, -0.2) is 0 Å². The lowest BCUT2D eigenvalue weighted by molar-refractivity contribution is -0.136. The van der Waals surface area contributed by atoms with Crippen molar-refractivity contribution in [2.45, 2.75) is 32.9 Å². The van der Waals surface area contributed by atoms with Crippen LogP contribution < -0.4 is 10.6 Å². The highest BCUT2D eigenvalue weighted by Gasteiger charge is 2.24. The summed E-state index contributed by atoms with van der Waals surface area (Å²) in [6, 6.07) is -0.0972. The molecule has 5 nitrogen and oxygen atoms in total. The monoisotopic (exact) mass is 213 g/mol. The first-order valence-electron chi connectivity index (χ1n) is 5.30. The van der Waals surface area contributed by atoms with E-state index in [9.17, 15) is 9.59 Å². The maximum absolute atomic E-state index is 11.9. The lowest BCUT2D eigenvalue weighted by Gasteiger charge is -2.33. The highest BCUT2D eigenvalue weighted by Crippen LogP contribution is 2.01. The summed E-state index contributed by atoms with van der Waals surface area (Å²) in [6.07, 6.45) is 0. The van der Waals surface area contributed by atoms with E-state index in [0.29, 0.717) is 19.1 Å². The lowest BCUT2D eigenvalue weighted by atomic mass is 10.2. The maximum Gasteiger partial charge on any atom is 0.244 e. The summed E-state index contributed by atoms with van der Waals surface area (Å²) in [6.45, 7) is 7.43. The van der Waals surface area contributed by atoms with E-state index in [1.165, 1.54) is 6.92 Å². The molecule has 0 bridgehead atoms. The van der Waals surface area contributed by atoms with E-state index in [2.05, 4.69) is 10.6 Å². The first-order valence-corrected chi connectivity index (χ1v) is 5.30. The zero-order valence-corrected chi connectivity index (χ0v) is 9.54. The van der Waals surface area contributed by atoms with Crippen molar-refractivity contribution in [3.63, 3.8) is 0 Å². The minimum absolute atomic E-state index is 0.00134. The van der Waals surface area contributed by atoms with Crippen molar-refractivity contribution in [3.05, 3.63) is 0 Å². The third-order valence-electron chi connectivity index (χ3n) is 2.47. The number of carbonyl (C=O) groups is 2. The van der Waals surface area contributed by atoms with Gasteiger partial charge < -0.3 is 15.5 Å². The van der Waals surface area contributed by atoms with Gasteiger partial charge in [-0.3, -0.25) is 9.59 Å². The number of hydrogen-bond donors (Lipinski definition) is 2. The van der Waals surface area contributed by atoms with Gasteiger partial charge in [-0.2, -0.15) is 0 Å². The second-order valence-electron chi connectivity index (χ2n) is 4.06. The van der Waals surface area contributed by atoms with E-state index in [4.69, 9.17) is 0 Å². The second-order valence-corrected chi connectivity index (χ2v) is 4.06. The van der Waals surface area contributed by atoms with Crippen LogP contribution in [-0.2, 0) is 9.59 Å². The van der Waals surface area contributed by atoms with Gasteiger partial charge in [-0.05, 0) is 13.8 Å². The van der Waals surface area contributed by atoms with Gasteiger partial charge in [0.25, 0.3) is 0 Å². The highest BCUT2D eigenvalue weighted by atomic mass is 16.2. The van der Waals surface area contributed by atoms with Crippen molar-refractivity contribution in [1.29, 1.82) is 0 Å². The van der Waals surface area contributed by atoms with E-state index >= 15 is 0 Å². The van der Waals surface area contributed by atoms with Crippen LogP contribution in [0.5, 0.6) is 0 Å². The van der Waals surface area contributed by atoms with Crippen LogP contribution >= 0.6 is 0 Å². The summed E-state index contributed by atoms with van der Waals surface area (Å²) in [7, 11) is 0. The molecule has 0 spiro atoms. The Labute approximate surface area is 90.2 Å². The minimum Gasteiger partial charge on any atom is -0.345 e. The van der Waals surface area contributed by atoms with Gasteiger partial charge in [0, 0.05) is 32.6 Å². The number of amides is 2. The Balaban J connectivity index is 2.47. The van der Waals surface area contributed by atoms with Crippen LogP contribution in [0.4, 0.5) is 0 Å². The quantitative estimate of drug-likeness (QED) is 0.639. The first-order chi connectivity index (χ1) is 7.00. The second kappa shape index (κ2) is 5.11. The van der Waals surface area contributed by atoms with Crippen LogP contribution in [0.3, 0.4) is 0 Å². The zero-order chi connectivity index (χ0) is 11.4. The molecule has 1 aliphatic heterocycles. The van der Waals surface area contributed by atoms with Gasteiger partial charge in [-0.1, -0.05) is 0 Å². The zero-order valence-electron chi connectivity index (χ0n) is 9.54. The van der Waals surface area contributed by atoms with E-state index in [1.807, 2.05) is 6.92 Å². The number of nitrogens with zero attached hydrogens (tertiary/aromatic N) is 1. The van der Waals surface area contributed by atoms with Gasteiger partial charge in [0.2, 0.25) is 11.8 Å². The fraction of sp³-hybridized carbons (Fsp3) is 0.800. The first kappa shape index (κ1) is 12.0. The molecule has 1 rings (SSSR count). The number of hydrogen-bond acceptors (Lipinski definition) is 3. The third-order valence-corrected chi connectivity index (χ3v) is 2.47. The van der Waals surface area contributed by atoms with Gasteiger partial charge >= 0.3 is 0 Å². The summed E-state index contributed by atoms with van der Waals surface area (Å²) in [5.74, 6) is -0.169. The number of piperazine rings is 1. The molecule has 0 saturated carbocycles. The lowest BCUT2D eigenvalue weighted by Crippen LogP contribution is -2.55. The van der Waals surface area contributed by atoms with Crippen LogP contribution in [0.15, 0.2) is 0 Å². The van der Waals surface area contributed by atoms with Crippen molar-refractivity contribution in [2.75, 3.05) is 19.6 Å². The Kier molecular flexibility index (Phi) is 4.08. The van der Waals surface area contributed by atoms with Gasteiger partial charge in [0.1, 0.15) is 6.04 Å². The van der Waals surface area contributed by atoms with E-state index < -0.39 is 6.04 Å². The summed E-state index contributed by atoms with van der Waals surface area (Å²) >= 11 is 0. The van der Waals surface area contributed by atoms with Gasteiger partial charge in [-0.15, -0.1) is 0 Å². The SMILES string of the molecule is CC(=O)NC(C)C(=O)N1CCNC(C)C1. The molecule has 1 aliphatic rings. The highest BCUT2D eigenvalue weighted by molar-refractivity contribution is 5.86. The summed E-state index contributed by atoms with van der Waals surface area (Å²) < 4.78 is 0. The molecule has 1 fully saturated rings. The molecule has 0 radical (unpaired) electrons. The topological polar surface area (TPSA) is 61.4 Å². The molecule has 0 aromatic heterocycles. The molecule has 1 heterocycles. The standard InChI is InChI=1S/C10H19N3O2/c1-7-6-13(5-4-11-7)10(15)8(2)12-9(3)14/h7-8,11H,4-6H2,1-3H3,(H,12,14). The summed E-state index contributed by atoms with van der Waals surface area (Å²) in [4.78, 5) is 24.5. The third kappa shape index (κ3) is 3.51. The molecule has 1 saturated heterocycles. The predicted octanol–water partition coefficient (Wildman–Crippen LogP) is -0.669. The van der Waals surface area contributed by atoms with Crippen molar-refractivity contribution in [3.8, 4) is 0 Å². The van der Waals surface area contributed by atoms with Crippen LogP contribution in [0.2, 0.25) is 0 Å². The fourth-order valence-electron chi connectivity index (χ4n) is 1.77. The average Bonchev–Trinajstić information content (AvgIpc) is 2.15. The molecule has 86 valence electrons. The summed E-state index contributed by atoms with van der Waals surface area (Å²) in [5, 5.41) is 5.87. The van der Waals surface area contributed by atoms with Gasteiger partial charge in [0.15, 0.2) is 0 Å². The Morgan fingerprint density at radius 2 is 2.20 bits per heavy atom. The molecular formula is C10H19N3O2. The molecule has 2 amide bonds. The predicted molar refractivity (Wildman–Crippen MR) is 57.3 cm³/mol. The Hall–Kier alpha value is -1.10. The molecular weight excluding hydrogens is 194 g/mol. The summed E-state index contributed by atoms with van der Waals surface area (Å²) in [5.41, 5.74) is 0. The molecule has 2 unspecified atom stereocenters. The van der Waals surface area contributed by atoms with Gasteiger partial charge in [0.05, 0.1) is 0 Å². The van der Waals surface area contributed by atoms with Crippen LogP contribution in [0.1, 0.15) is 20.8 Å². The number of carbonyl (C=O) groups excluding carboxylic acids is 2. The molecule has 5 heteroatoms. The van der Waals surface area contributed by atoms with Crippen LogP contribution in [0, 0.1) is 0 Å². The molecule has 15 heavy (non-hydrogen) atoms. The molecule has 0 aliphatic carbocycles. The Morgan fingerprint density at radius 1 is 1.53 bits per heavy atom. The van der Waals surface area contributed by atoms with Crippen molar-refractivity contribution >= 4 is 11.8 Å². The number of rotatable bonds is 2. The van der Waals surface area contributed by atoms with Crippen LogP contribution in [-0.4, -0.2) is 48.4 Å². The van der Waals surface area contributed by atoms with Crippen molar-refractivity contribution in [2.24, 2.45) is 0 Å². The van der Waals surface area contributed by atoms with E-state index in [-0.39, 0.29) is 11.8 Å². The Bertz CT molecular complexity index is 255. The average molecular weight is 213 g/mol. The van der Waals surface area contributed by atoms with Crippen molar-refractivity contribution < 1.29 is 9.59 Å². The van der Waals surface area contributed by atoms with Crippen molar-refractivity contribution in [1.82, 2.24) is 15.5 Å². The van der Waals surface area contributed by atoms with E-state index in [1.54, 1.807) is 11.8 Å². The normalized spacial score (nSPS) is 23.4. The van der Waals surface area contributed by atoms with E-state index in [0.717, 1.165) is 6.54 Å². The largest absolute Gasteiger partial charge is 0.345 e.